The van der Waals surface area contributed by atoms with Gasteiger partial charge in [0.1, 0.15) is 11.6 Å². The van der Waals surface area contributed by atoms with Gasteiger partial charge in [-0.1, -0.05) is 6.07 Å². The maximum Gasteiger partial charge on any atom is 0.227 e. The lowest BCUT2D eigenvalue weighted by Crippen LogP contribution is -2.36. The van der Waals surface area contributed by atoms with Crippen molar-refractivity contribution >= 4 is 11.8 Å². The van der Waals surface area contributed by atoms with Gasteiger partial charge in [-0.3, -0.25) is 4.98 Å². The lowest BCUT2D eigenvalue weighted by molar-refractivity contribution is 0.471. The Bertz CT molecular complexity index is 891. The summed E-state index contributed by atoms with van der Waals surface area (Å²) >= 11 is 0. The van der Waals surface area contributed by atoms with Crippen LogP contribution in [0, 0.1) is 0 Å². The van der Waals surface area contributed by atoms with Gasteiger partial charge in [0, 0.05) is 49.8 Å². The van der Waals surface area contributed by atoms with Crippen LogP contribution in [-0.2, 0) is 6.54 Å². The number of hydrogen-bond acceptors (Lipinski definition) is 6. The molecule has 0 aliphatic carbocycles. The highest BCUT2D eigenvalue weighted by atomic mass is 15.3. The van der Waals surface area contributed by atoms with Gasteiger partial charge in [-0.2, -0.15) is 4.98 Å². The summed E-state index contributed by atoms with van der Waals surface area (Å²) in [6.07, 6.45) is 9.84. The van der Waals surface area contributed by atoms with Gasteiger partial charge in [0.15, 0.2) is 0 Å². The molecule has 0 unspecified atom stereocenters. The molecule has 7 heteroatoms. The first-order chi connectivity index (χ1) is 13.7. The summed E-state index contributed by atoms with van der Waals surface area (Å²) < 4.78 is 2.22. The molecule has 28 heavy (non-hydrogen) atoms. The lowest BCUT2D eigenvalue weighted by atomic mass is 9.97. The quantitative estimate of drug-likeness (QED) is 0.710. The van der Waals surface area contributed by atoms with Gasteiger partial charge in [-0.25, -0.2) is 9.97 Å². The number of pyridine rings is 1. The molecule has 1 aliphatic rings. The number of imidazole rings is 1. The van der Waals surface area contributed by atoms with Crippen molar-refractivity contribution in [1.82, 2.24) is 24.5 Å². The number of anilines is 2. The Morgan fingerprint density at radius 2 is 2.04 bits per heavy atom. The van der Waals surface area contributed by atoms with E-state index in [0.717, 1.165) is 55.8 Å². The summed E-state index contributed by atoms with van der Waals surface area (Å²) in [4.78, 5) is 20.6. The molecule has 3 aromatic heterocycles. The zero-order valence-electron chi connectivity index (χ0n) is 16.5. The van der Waals surface area contributed by atoms with Crippen LogP contribution in [-0.4, -0.2) is 43.6 Å². The minimum Gasteiger partial charge on any atom is -0.368 e. The molecule has 146 valence electrons. The van der Waals surface area contributed by atoms with Gasteiger partial charge < -0.3 is 14.8 Å². The van der Waals surface area contributed by atoms with Crippen molar-refractivity contribution in [3.05, 3.63) is 60.6 Å². The highest BCUT2D eigenvalue weighted by molar-refractivity contribution is 5.42. The van der Waals surface area contributed by atoms with E-state index in [1.807, 2.05) is 43.0 Å². The second-order valence-electron chi connectivity index (χ2n) is 7.56. The van der Waals surface area contributed by atoms with Crippen LogP contribution < -0.4 is 10.2 Å². The van der Waals surface area contributed by atoms with Crippen molar-refractivity contribution in [2.45, 2.75) is 45.2 Å². The summed E-state index contributed by atoms with van der Waals surface area (Å²) in [7, 11) is 0. The molecular weight excluding hydrogens is 350 g/mol. The smallest absolute Gasteiger partial charge is 0.227 e. The number of piperidine rings is 1. The second-order valence-corrected chi connectivity index (χ2v) is 7.56. The maximum absolute atomic E-state index is 4.71. The molecule has 1 aliphatic heterocycles. The lowest BCUT2D eigenvalue weighted by Gasteiger charge is -2.32. The Morgan fingerprint density at radius 3 is 2.86 bits per heavy atom. The molecule has 7 nitrogen and oxygen atoms in total. The van der Waals surface area contributed by atoms with Crippen molar-refractivity contribution < 1.29 is 0 Å². The summed E-state index contributed by atoms with van der Waals surface area (Å²) in [5.41, 5.74) is 1.05. The Kier molecular flexibility index (Phi) is 5.50. The molecule has 1 saturated heterocycles. The van der Waals surface area contributed by atoms with Crippen molar-refractivity contribution in [1.29, 1.82) is 0 Å². The predicted molar refractivity (Wildman–Crippen MR) is 111 cm³/mol. The van der Waals surface area contributed by atoms with E-state index < -0.39 is 0 Å². The first-order valence-corrected chi connectivity index (χ1v) is 9.94. The highest BCUT2D eigenvalue weighted by Gasteiger charge is 2.26. The summed E-state index contributed by atoms with van der Waals surface area (Å²) in [6.45, 7) is 6.82. The first kappa shape index (κ1) is 18.4. The SMILES string of the molecule is CC(C)Nc1ccnc(N2CCC[C@@H](c3nccn3Cc3ccccn3)C2)n1. The van der Waals surface area contributed by atoms with Crippen LogP contribution in [0.25, 0.3) is 0 Å². The molecule has 1 atom stereocenters. The molecule has 0 saturated carbocycles. The number of hydrogen-bond donors (Lipinski definition) is 1. The van der Waals surface area contributed by atoms with Crippen molar-refractivity contribution in [3.8, 4) is 0 Å². The van der Waals surface area contributed by atoms with Crippen LogP contribution in [0.2, 0.25) is 0 Å². The van der Waals surface area contributed by atoms with E-state index in [1.54, 1.807) is 0 Å². The number of nitrogens with one attached hydrogen (secondary N) is 1. The van der Waals surface area contributed by atoms with Gasteiger partial charge in [0.25, 0.3) is 0 Å². The van der Waals surface area contributed by atoms with Crippen molar-refractivity contribution in [2.24, 2.45) is 0 Å². The van der Waals surface area contributed by atoms with Gasteiger partial charge >= 0.3 is 0 Å². The minimum absolute atomic E-state index is 0.343. The molecule has 3 aromatic rings. The average Bonchev–Trinajstić information content (AvgIpc) is 3.17. The zero-order chi connectivity index (χ0) is 19.3. The van der Waals surface area contributed by atoms with Crippen molar-refractivity contribution in [2.75, 3.05) is 23.3 Å². The fourth-order valence-electron chi connectivity index (χ4n) is 3.73. The summed E-state index contributed by atoms with van der Waals surface area (Å²) in [5, 5.41) is 3.36. The number of nitrogens with zero attached hydrogens (tertiary/aromatic N) is 6. The van der Waals surface area contributed by atoms with Crippen LogP contribution in [0.3, 0.4) is 0 Å². The molecule has 0 radical (unpaired) electrons. The standard InChI is InChI=1S/C21H27N7/c1-16(2)25-19-8-10-24-21(26-19)28-12-5-6-17(14-28)20-23-11-13-27(20)15-18-7-3-4-9-22-18/h3-4,7-11,13,16-17H,5-6,12,14-15H2,1-2H3,(H,24,25,26)/t17-/m1/s1. The summed E-state index contributed by atoms with van der Waals surface area (Å²) in [5.74, 6) is 3.14. The van der Waals surface area contributed by atoms with Gasteiger partial charge in [-0.15, -0.1) is 0 Å². The molecule has 0 amide bonds. The van der Waals surface area contributed by atoms with Crippen LogP contribution in [0.5, 0.6) is 0 Å². The third-order valence-corrected chi connectivity index (χ3v) is 4.95. The van der Waals surface area contributed by atoms with Crippen LogP contribution >= 0.6 is 0 Å². The third kappa shape index (κ3) is 4.30. The number of rotatable bonds is 6. The van der Waals surface area contributed by atoms with Gasteiger partial charge in [-0.05, 0) is 44.9 Å². The van der Waals surface area contributed by atoms with Gasteiger partial charge in [0.2, 0.25) is 5.95 Å². The van der Waals surface area contributed by atoms with E-state index in [9.17, 15) is 0 Å². The van der Waals surface area contributed by atoms with E-state index in [1.165, 1.54) is 0 Å². The molecular formula is C21H27N7. The molecule has 4 rings (SSSR count). The number of aromatic nitrogens is 5. The van der Waals surface area contributed by atoms with E-state index >= 15 is 0 Å². The van der Waals surface area contributed by atoms with Crippen molar-refractivity contribution in [3.63, 3.8) is 0 Å². The van der Waals surface area contributed by atoms with Crippen LogP contribution in [0.1, 0.15) is 44.1 Å². The fraction of sp³-hybridized carbons (Fsp3) is 0.429. The van der Waals surface area contributed by atoms with E-state index in [0.29, 0.717) is 12.0 Å². The summed E-state index contributed by atoms with van der Waals surface area (Å²) in [6, 6.07) is 8.29. The Balaban J connectivity index is 1.50. The molecule has 0 aromatic carbocycles. The molecule has 0 bridgehead atoms. The Labute approximate surface area is 165 Å². The van der Waals surface area contributed by atoms with E-state index in [4.69, 9.17) is 4.98 Å². The monoisotopic (exact) mass is 377 g/mol. The highest BCUT2D eigenvalue weighted by Crippen LogP contribution is 2.28. The second kappa shape index (κ2) is 8.37. The van der Waals surface area contributed by atoms with Crippen LogP contribution in [0.15, 0.2) is 49.1 Å². The van der Waals surface area contributed by atoms with E-state index in [2.05, 4.69) is 49.6 Å². The topological polar surface area (TPSA) is 71.8 Å². The molecule has 1 fully saturated rings. The average molecular weight is 377 g/mol. The van der Waals surface area contributed by atoms with Crippen LogP contribution in [0.4, 0.5) is 11.8 Å². The largest absolute Gasteiger partial charge is 0.368 e. The third-order valence-electron chi connectivity index (χ3n) is 4.95. The molecule has 1 N–H and O–H groups in total. The molecule has 4 heterocycles. The minimum atomic E-state index is 0.343. The Morgan fingerprint density at radius 1 is 1.11 bits per heavy atom. The predicted octanol–water partition coefficient (Wildman–Crippen LogP) is 3.32. The molecule has 0 spiro atoms. The first-order valence-electron chi connectivity index (χ1n) is 9.94. The normalized spacial score (nSPS) is 17.1. The Hall–Kier alpha value is -2.96. The van der Waals surface area contributed by atoms with Gasteiger partial charge in [0.05, 0.1) is 12.2 Å². The zero-order valence-corrected chi connectivity index (χ0v) is 16.5. The fourth-order valence-corrected chi connectivity index (χ4v) is 3.73. The van der Waals surface area contributed by atoms with E-state index in [-0.39, 0.29) is 0 Å². The maximum atomic E-state index is 4.71.